The summed E-state index contributed by atoms with van der Waals surface area (Å²) in [5.41, 5.74) is 6.75. The highest BCUT2D eigenvalue weighted by atomic mass is 16.5. The van der Waals surface area contributed by atoms with Gasteiger partial charge in [0, 0.05) is 30.8 Å². The molecule has 7 heteroatoms. The number of carbonyl (C=O) groups is 2. The van der Waals surface area contributed by atoms with Crippen molar-refractivity contribution in [2.75, 3.05) is 13.2 Å². The lowest BCUT2D eigenvalue weighted by Gasteiger charge is -2.32. The molecule has 0 bridgehead atoms. The molecule has 3 rings (SSSR count). The van der Waals surface area contributed by atoms with Crippen molar-refractivity contribution in [3.8, 4) is 5.75 Å². The van der Waals surface area contributed by atoms with Crippen molar-refractivity contribution in [2.45, 2.75) is 31.4 Å². The Balaban J connectivity index is 1.54. The third kappa shape index (κ3) is 5.52. The molecule has 1 aromatic heterocycles. The van der Waals surface area contributed by atoms with Gasteiger partial charge < -0.3 is 20.5 Å². The number of nitrogens with zero attached hydrogens (tertiary/aromatic N) is 1. The van der Waals surface area contributed by atoms with Gasteiger partial charge in [0.15, 0.2) is 0 Å². The summed E-state index contributed by atoms with van der Waals surface area (Å²) in [6, 6.07) is 10.2. The number of amides is 2. The molecule has 0 unspecified atom stereocenters. The summed E-state index contributed by atoms with van der Waals surface area (Å²) in [4.78, 5) is 27.4. The summed E-state index contributed by atoms with van der Waals surface area (Å²) in [5.74, 6) is 0.106. The summed E-state index contributed by atoms with van der Waals surface area (Å²) in [6.07, 6.45) is 4.96. The number of carbonyl (C=O) groups excluding carboxylic acids is 2. The maximum Gasteiger partial charge on any atom is 0.248 e. The van der Waals surface area contributed by atoms with Crippen LogP contribution in [0.3, 0.4) is 0 Å². The zero-order valence-corrected chi connectivity index (χ0v) is 15.0. The molecule has 7 nitrogen and oxygen atoms in total. The van der Waals surface area contributed by atoms with Gasteiger partial charge in [0.25, 0.3) is 0 Å². The number of hydrogen-bond acceptors (Lipinski definition) is 5. The van der Waals surface area contributed by atoms with Crippen molar-refractivity contribution >= 4 is 11.8 Å². The number of aromatic nitrogens is 1. The molecule has 2 aromatic rings. The molecule has 0 aliphatic carbocycles. The Kier molecular flexibility index (Phi) is 6.38. The summed E-state index contributed by atoms with van der Waals surface area (Å²) < 4.78 is 11.5. The monoisotopic (exact) mass is 369 g/mol. The first-order valence-corrected chi connectivity index (χ1v) is 8.94. The lowest BCUT2D eigenvalue weighted by Crippen LogP contribution is -2.51. The smallest absolute Gasteiger partial charge is 0.248 e. The number of rotatable bonds is 7. The highest BCUT2D eigenvalue weighted by Gasteiger charge is 2.28. The molecule has 27 heavy (non-hydrogen) atoms. The predicted molar refractivity (Wildman–Crippen MR) is 99.3 cm³/mol. The largest absolute Gasteiger partial charge is 0.488 e. The molecule has 0 saturated carbocycles. The lowest BCUT2D eigenvalue weighted by molar-refractivity contribution is -0.124. The van der Waals surface area contributed by atoms with Crippen LogP contribution in [0.25, 0.3) is 0 Å². The van der Waals surface area contributed by atoms with E-state index in [2.05, 4.69) is 10.3 Å². The molecular formula is C20H23N3O4. The molecule has 0 spiro atoms. The second kappa shape index (κ2) is 9.14. The quantitative estimate of drug-likeness (QED) is 0.769. The Hall–Kier alpha value is -2.93. The Labute approximate surface area is 157 Å². The minimum Gasteiger partial charge on any atom is -0.488 e. The van der Waals surface area contributed by atoms with Gasteiger partial charge in [0.2, 0.25) is 11.8 Å². The van der Waals surface area contributed by atoms with Gasteiger partial charge in [0.05, 0.1) is 19.3 Å². The van der Waals surface area contributed by atoms with Crippen molar-refractivity contribution in [3.63, 3.8) is 0 Å². The number of nitrogens with one attached hydrogen (secondary N) is 1. The van der Waals surface area contributed by atoms with Gasteiger partial charge in [-0.05, 0) is 48.4 Å². The van der Waals surface area contributed by atoms with E-state index in [1.807, 2.05) is 12.1 Å². The van der Waals surface area contributed by atoms with Gasteiger partial charge in [-0.25, -0.2) is 0 Å². The molecule has 1 saturated heterocycles. The highest BCUT2D eigenvalue weighted by Crippen LogP contribution is 2.19. The van der Waals surface area contributed by atoms with E-state index in [1.165, 1.54) is 0 Å². The molecule has 1 aromatic carbocycles. The summed E-state index contributed by atoms with van der Waals surface area (Å²) in [7, 11) is 0. The van der Waals surface area contributed by atoms with Crippen molar-refractivity contribution in [1.29, 1.82) is 0 Å². The molecule has 3 N–H and O–H groups in total. The Morgan fingerprint density at radius 1 is 1.19 bits per heavy atom. The van der Waals surface area contributed by atoms with Crippen LogP contribution in [0, 0.1) is 0 Å². The number of hydrogen-bond donors (Lipinski definition) is 2. The van der Waals surface area contributed by atoms with Crippen LogP contribution in [0.2, 0.25) is 0 Å². The highest BCUT2D eigenvalue weighted by molar-refractivity contribution is 5.92. The van der Waals surface area contributed by atoms with Gasteiger partial charge in [0.1, 0.15) is 11.9 Å². The van der Waals surface area contributed by atoms with E-state index in [0.717, 1.165) is 5.56 Å². The summed E-state index contributed by atoms with van der Waals surface area (Å²) in [6.45, 7) is 0.985. The first kappa shape index (κ1) is 18.8. The number of pyridine rings is 1. The van der Waals surface area contributed by atoms with E-state index in [0.29, 0.717) is 43.8 Å². The fraction of sp³-hybridized carbons (Fsp3) is 0.350. The second-order valence-corrected chi connectivity index (χ2v) is 6.44. The van der Waals surface area contributed by atoms with Crippen LogP contribution in [0.4, 0.5) is 0 Å². The first-order chi connectivity index (χ1) is 13.1. The van der Waals surface area contributed by atoms with Gasteiger partial charge in [-0.15, -0.1) is 0 Å². The zero-order valence-electron chi connectivity index (χ0n) is 15.0. The average molecular weight is 369 g/mol. The molecular weight excluding hydrogens is 346 g/mol. The number of nitrogens with two attached hydrogens (primary N) is 1. The molecule has 2 amide bonds. The second-order valence-electron chi connectivity index (χ2n) is 6.44. The van der Waals surface area contributed by atoms with Crippen molar-refractivity contribution in [3.05, 3.63) is 59.9 Å². The maximum atomic E-state index is 12.3. The average Bonchev–Trinajstić information content (AvgIpc) is 2.69. The van der Waals surface area contributed by atoms with E-state index in [-0.39, 0.29) is 18.1 Å². The van der Waals surface area contributed by atoms with E-state index in [1.54, 1.807) is 36.7 Å². The van der Waals surface area contributed by atoms with Crippen LogP contribution in [-0.2, 0) is 16.0 Å². The van der Waals surface area contributed by atoms with E-state index >= 15 is 0 Å². The Morgan fingerprint density at radius 2 is 1.93 bits per heavy atom. The van der Waals surface area contributed by atoms with Crippen LogP contribution in [0.5, 0.6) is 5.75 Å². The Morgan fingerprint density at radius 3 is 2.63 bits per heavy atom. The van der Waals surface area contributed by atoms with Gasteiger partial charge in [-0.1, -0.05) is 0 Å². The number of primary amides is 1. The van der Waals surface area contributed by atoms with E-state index in [4.69, 9.17) is 15.2 Å². The molecule has 0 radical (unpaired) electrons. The summed E-state index contributed by atoms with van der Waals surface area (Å²) in [5, 5.41) is 3.01. The number of benzene rings is 1. The van der Waals surface area contributed by atoms with Gasteiger partial charge in [-0.2, -0.15) is 0 Å². The first-order valence-electron chi connectivity index (χ1n) is 8.94. The predicted octanol–water partition coefficient (Wildman–Crippen LogP) is 1.47. The van der Waals surface area contributed by atoms with Crippen LogP contribution >= 0.6 is 0 Å². The fourth-order valence-corrected chi connectivity index (χ4v) is 2.95. The van der Waals surface area contributed by atoms with E-state index < -0.39 is 5.91 Å². The third-order valence-electron chi connectivity index (χ3n) is 4.46. The normalized spacial score (nSPS) is 19.3. The zero-order chi connectivity index (χ0) is 19.1. The minimum atomic E-state index is -0.480. The van der Waals surface area contributed by atoms with Crippen molar-refractivity contribution in [2.24, 2.45) is 5.73 Å². The van der Waals surface area contributed by atoms with Crippen LogP contribution in [-0.4, -0.2) is 42.2 Å². The molecule has 1 aliphatic heterocycles. The van der Waals surface area contributed by atoms with Crippen molar-refractivity contribution < 1.29 is 19.1 Å². The van der Waals surface area contributed by atoms with E-state index in [9.17, 15) is 9.59 Å². The molecule has 142 valence electrons. The maximum absolute atomic E-state index is 12.3. The molecule has 1 fully saturated rings. The van der Waals surface area contributed by atoms with Crippen LogP contribution in [0.1, 0.15) is 28.8 Å². The Bertz CT molecular complexity index is 765. The topological polar surface area (TPSA) is 104 Å². The lowest BCUT2D eigenvalue weighted by atomic mass is 10.1. The van der Waals surface area contributed by atoms with Crippen molar-refractivity contribution in [1.82, 2.24) is 10.3 Å². The summed E-state index contributed by atoms with van der Waals surface area (Å²) >= 11 is 0. The minimum absolute atomic E-state index is 0.0417. The standard InChI is InChI=1S/C20H23N3O4/c21-20(25)15-2-4-16(5-3-15)27-18-9-12-26-13-17(18)23-19(24)6-1-14-7-10-22-11-8-14/h2-5,7-8,10-11,17-18H,1,6,9,12-13H2,(H2,21,25)(H,23,24)/t17-,18-/m1/s1. The molecule has 2 atom stereocenters. The van der Waals surface area contributed by atoms with Crippen LogP contribution < -0.4 is 15.8 Å². The van der Waals surface area contributed by atoms with Gasteiger partial charge >= 0.3 is 0 Å². The number of ether oxygens (including phenoxy) is 2. The fourth-order valence-electron chi connectivity index (χ4n) is 2.95. The van der Waals surface area contributed by atoms with Gasteiger partial charge in [-0.3, -0.25) is 14.6 Å². The SMILES string of the molecule is NC(=O)c1ccc(O[C@@H]2CCOC[C@H]2NC(=O)CCc2ccncc2)cc1. The number of aryl methyl sites for hydroxylation is 1. The third-order valence-corrected chi connectivity index (χ3v) is 4.46. The molecule has 1 aliphatic rings. The molecule has 2 heterocycles. The van der Waals surface area contributed by atoms with Crippen LogP contribution in [0.15, 0.2) is 48.8 Å².